The number of benzene rings is 3. The molecular formula is C29H22BrN5O2S. The van der Waals surface area contributed by atoms with Crippen molar-refractivity contribution in [2.24, 2.45) is 0 Å². The van der Waals surface area contributed by atoms with Crippen molar-refractivity contribution in [2.45, 2.75) is 13.3 Å². The quantitative estimate of drug-likeness (QED) is 0.238. The van der Waals surface area contributed by atoms with Crippen molar-refractivity contribution >= 4 is 38.3 Å². The molecule has 0 N–H and O–H groups in total. The summed E-state index contributed by atoms with van der Waals surface area (Å²) in [6, 6.07) is 25.5. The molecule has 0 saturated carbocycles. The van der Waals surface area contributed by atoms with E-state index in [9.17, 15) is 4.79 Å². The van der Waals surface area contributed by atoms with Crippen molar-refractivity contribution in [1.29, 1.82) is 0 Å². The van der Waals surface area contributed by atoms with Gasteiger partial charge in [-0.15, -0.1) is 5.10 Å². The van der Waals surface area contributed by atoms with E-state index >= 15 is 0 Å². The van der Waals surface area contributed by atoms with Gasteiger partial charge in [-0.1, -0.05) is 64.5 Å². The van der Waals surface area contributed by atoms with Gasteiger partial charge in [0.15, 0.2) is 5.82 Å². The van der Waals surface area contributed by atoms with Crippen LogP contribution in [0.15, 0.2) is 94.3 Å². The predicted octanol–water partition coefficient (Wildman–Crippen LogP) is 5.77. The number of hydrogen-bond donors (Lipinski definition) is 0. The van der Waals surface area contributed by atoms with Gasteiger partial charge in [0, 0.05) is 27.4 Å². The zero-order chi connectivity index (χ0) is 26.1. The lowest BCUT2D eigenvalue weighted by atomic mass is 10.1. The summed E-state index contributed by atoms with van der Waals surface area (Å²) >= 11 is 4.81. The van der Waals surface area contributed by atoms with E-state index in [0.29, 0.717) is 21.9 Å². The van der Waals surface area contributed by atoms with Gasteiger partial charge in [-0.05, 0) is 61.0 Å². The monoisotopic (exact) mass is 583 g/mol. The minimum absolute atomic E-state index is 0.208. The Hall–Kier alpha value is -4.08. The molecule has 0 aliphatic carbocycles. The molecule has 0 aliphatic heterocycles. The minimum atomic E-state index is -0.208. The maximum Gasteiger partial charge on any atom is 0.291 e. The van der Waals surface area contributed by atoms with E-state index in [1.54, 1.807) is 0 Å². The largest absolute Gasteiger partial charge is 0.494 e. The number of ether oxygens (including phenoxy) is 1. The molecule has 0 spiro atoms. The zero-order valence-electron chi connectivity index (χ0n) is 20.4. The number of nitrogens with zero attached hydrogens (tertiary/aromatic N) is 5. The molecule has 6 aromatic rings. The Morgan fingerprint density at radius 3 is 2.39 bits per heavy atom. The molecule has 0 saturated heterocycles. The van der Waals surface area contributed by atoms with Crippen LogP contribution in [0.2, 0.25) is 0 Å². The van der Waals surface area contributed by atoms with E-state index in [0.717, 1.165) is 44.7 Å². The Morgan fingerprint density at radius 2 is 1.68 bits per heavy atom. The summed E-state index contributed by atoms with van der Waals surface area (Å²) in [4.78, 5) is 18.5. The molecule has 0 radical (unpaired) electrons. The molecular weight excluding hydrogens is 562 g/mol. The van der Waals surface area contributed by atoms with E-state index in [1.807, 2.05) is 95.8 Å². The molecule has 3 heterocycles. The van der Waals surface area contributed by atoms with Crippen LogP contribution in [0.5, 0.6) is 5.75 Å². The van der Waals surface area contributed by atoms with Crippen molar-refractivity contribution < 1.29 is 4.74 Å². The third kappa shape index (κ3) is 4.78. The number of aromatic nitrogens is 5. The van der Waals surface area contributed by atoms with E-state index in [4.69, 9.17) is 9.84 Å². The summed E-state index contributed by atoms with van der Waals surface area (Å²) in [5.74, 6) is 1.31. The highest BCUT2D eigenvalue weighted by atomic mass is 79.9. The van der Waals surface area contributed by atoms with E-state index in [-0.39, 0.29) is 5.56 Å². The summed E-state index contributed by atoms with van der Waals surface area (Å²) in [5, 5.41) is 9.35. The second-order valence-corrected chi connectivity index (χ2v) is 10.6. The van der Waals surface area contributed by atoms with Gasteiger partial charge >= 0.3 is 0 Å². The van der Waals surface area contributed by atoms with Gasteiger partial charge in [-0.3, -0.25) is 4.79 Å². The van der Waals surface area contributed by atoms with Crippen LogP contribution < -0.4 is 14.8 Å². The molecule has 0 aliphatic rings. The highest BCUT2D eigenvalue weighted by Gasteiger charge is 2.15. The van der Waals surface area contributed by atoms with Crippen LogP contribution in [0, 0.1) is 0 Å². The molecule has 6 rings (SSSR count). The molecule has 3 aromatic carbocycles. The molecule has 0 amide bonds. The Labute approximate surface area is 230 Å². The van der Waals surface area contributed by atoms with Gasteiger partial charge < -0.3 is 4.74 Å². The molecule has 0 fully saturated rings. The van der Waals surface area contributed by atoms with Crippen LogP contribution >= 0.6 is 27.3 Å². The second-order valence-electron chi connectivity index (χ2n) is 8.64. The van der Waals surface area contributed by atoms with Gasteiger partial charge in [-0.25, -0.2) is 4.68 Å². The van der Waals surface area contributed by atoms with Gasteiger partial charge in [-0.2, -0.15) is 14.6 Å². The molecule has 0 bridgehead atoms. The third-order valence-corrected chi connectivity index (χ3v) is 7.42. The third-order valence-electron chi connectivity index (χ3n) is 5.93. The lowest BCUT2D eigenvalue weighted by Crippen LogP contribution is -2.23. The summed E-state index contributed by atoms with van der Waals surface area (Å²) in [5.41, 5.74) is 4.13. The maximum atomic E-state index is 13.3. The van der Waals surface area contributed by atoms with Gasteiger partial charge in [0.1, 0.15) is 5.75 Å². The van der Waals surface area contributed by atoms with Crippen LogP contribution in [0.4, 0.5) is 0 Å². The second kappa shape index (κ2) is 10.4. The molecule has 38 heavy (non-hydrogen) atoms. The van der Waals surface area contributed by atoms with Crippen LogP contribution in [0.3, 0.4) is 0 Å². The number of thiazole rings is 1. The van der Waals surface area contributed by atoms with Crippen LogP contribution in [-0.2, 0) is 0 Å². The van der Waals surface area contributed by atoms with Crippen molar-refractivity contribution in [3.63, 3.8) is 0 Å². The van der Waals surface area contributed by atoms with Gasteiger partial charge in [0.05, 0.1) is 22.5 Å². The molecule has 9 heteroatoms. The molecule has 7 nitrogen and oxygen atoms in total. The van der Waals surface area contributed by atoms with E-state index in [2.05, 4.69) is 32.9 Å². The highest BCUT2D eigenvalue weighted by molar-refractivity contribution is 9.10. The van der Waals surface area contributed by atoms with Crippen molar-refractivity contribution in [3.05, 3.63) is 110 Å². The predicted molar refractivity (Wildman–Crippen MR) is 154 cm³/mol. The summed E-state index contributed by atoms with van der Waals surface area (Å²) in [7, 11) is 0. The zero-order valence-corrected chi connectivity index (χ0v) is 22.8. The van der Waals surface area contributed by atoms with Crippen LogP contribution in [-0.4, -0.2) is 31.0 Å². The Morgan fingerprint density at radius 1 is 0.947 bits per heavy atom. The number of fused-ring (bicyclic) bond motifs is 1. The smallest absolute Gasteiger partial charge is 0.291 e. The normalized spacial score (nSPS) is 11.9. The number of halogens is 1. The van der Waals surface area contributed by atoms with Crippen LogP contribution in [0.25, 0.3) is 39.4 Å². The minimum Gasteiger partial charge on any atom is -0.494 e. The average molecular weight is 584 g/mol. The van der Waals surface area contributed by atoms with Crippen molar-refractivity contribution in [1.82, 2.24) is 24.4 Å². The van der Waals surface area contributed by atoms with Crippen molar-refractivity contribution in [3.8, 4) is 34.1 Å². The van der Waals surface area contributed by atoms with Crippen LogP contribution in [0.1, 0.15) is 18.9 Å². The fourth-order valence-electron chi connectivity index (χ4n) is 4.06. The SMILES string of the molecule is CCCOc1ccc(-c2nc3sc(=Cc4cn(-c5ccccc5)nc4-c4ccc(Br)cc4)c(=O)n3n2)cc1. The number of rotatable bonds is 7. The number of para-hydroxylation sites is 1. The maximum absolute atomic E-state index is 13.3. The first-order valence-electron chi connectivity index (χ1n) is 12.1. The molecule has 0 unspecified atom stereocenters. The fourth-order valence-corrected chi connectivity index (χ4v) is 5.22. The first-order valence-corrected chi connectivity index (χ1v) is 13.8. The summed E-state index contributed by atoms with van der Waals surface area (Å²) < 4.78 is 10.4. The van der Waals surface area contributed by atoms with Crippen molar-refractivity contribution in [2.75, 3.05) is 6.61 Å². The lowest BCUT2D eigenvalue weighted by molar-refractivity contribution is 0.317. The first-order chi connectivity index (χ1) is 18.6. The van der Waals surface area contributed by atoms with Gasteiger partial charge in [0.25, 0.3) is 5.56 Å². The Bertz CT molecular complexity index is 1820. The lowest BCUT2D eigenvalue weighted by Gasteiger charge is -2.04. The Kier molecular flexibility index (Phi) is 6.61. The fraction of sp³-hybridized carbons (Fsp3) is 0.103. The average Bonchev–Trinajstić information content (AvgIpc) is 3.64. The van der Waals surface area contributed by atoms with E-state index < -0.39 is 0 Å². The number of hydrogen-bond acceptors (Lipinski definition) is 6. The standard InChI is InChI=1S/C29H22BrN5O2S/c1-2-16-37-24-14-10-20(11-15-24)27-31-29-35(33-27)28(36)25(38-29)17-21-18-34(23-6-4-3-5-7-23)32-26(21)19-8-12-22(30)13-9-19/h3-15,17-18H,2,16H2,1H3. The summed E-state index contributed by atoms with van der Waals surface area (Å²) in [6.45, 7) is 2.74. The Balaban J connectivity index is 1.40. The van der Waals surface area contributed by atoms with Gasteiger partial charge in [0.2, 0.25) is 4.96 Å². The van der Waals surface area contributed by atoms with E-state index in [1.165, 1.54) is 15.9 Å². The highest BCUT2D eigenvalue weighted by Crippen LogP contribution is 2.26. The summed E-state index contributed by atoms with van der Waals surface area (Å²) in [6.07, 6.45) is 4.76. The topological polar surface area (TPSA) is 74.3 Å². The molecule has 3 aromatic heterocycles. The first kappa shape index (κ1) is 24.3. The molecule has 188 valence electrons. The molecule has 0 atom stereocenters.